The monoisotopic (exact) mass is 232 g/mol. The van der Waals surface area contributed by atoms with Crippen LogP contribution < -0.4 is 0 Å². The van der Waals surface area contributed by atoms with Gasteiger partial charge in [0, 0.05) is 0 Å². The average Bonchev–Trinajstić information content (AvgIpc) is 2.00. The fraction of sp³-hybridized carbons (Fsp3) is 0.222. The molecule has 0 amide bonds. The summed E-state index contributed by atoms with van der Waals surface area (Å²) in [5, 5.41) is 8.82. The summed E-state index contributed by atoms with van der Waals surface area (Å²) in [6, 6.07) is 2.33. The van der Waals surface area contributed by atoms with E-state index in [-0.39, 0.29) is 11.1 Å². The first-order chi connectivity index (χ1) is 6.75. The summed E-state index contributed by atoms with van der Waals surface area (Å²) in [5.41, 5.74) is 0.145. The van der Waals surface area contributed by atoms with Crippen molar-refractivity contribution in [3.63, 3.8) is 0 Å². The van der Waals surface area contributed by atoms with Crippen LogP contribution in [0.15, 0.2) is 17.0 Å². The van der Waals surface area contributed by atoms with Gasteiger partial charge in [-0.1, -0.05) is 6.07 Å². The molecule has 1 aromatic rings. The lowest BCUT2D eigenvalue weighted by molar-refractivity contribution is 0.0695. The number of halogens is 1. The highest BCUT2D eigenvalue weighted by Gasteiger charge is 2.21. The smallest absolute Gasteiger partial charge is 0.336 e. The topological polar surface area (TPSA) is 71.4 Å². The minimum absolute atomic E-state index is 0.0787. The number of carbonyl (C=O) groups is 1. The second kappa shape index (κ2) is 3.62. The second-order valence-corrected chi connectivity index (χ2v) is 4.44. The molecular weight excluding hydrogens is 223 g/mol. The van der Waals surface area contributed by atoms with Crippen LogP contribution in [0.2, 0.25) is 0 Å². The zero-order valence-corrected chi connectivity index (χ0v) is 8.93. The highest BCUT2D eigenvalue weighted by molar-refractivity contribution is 7.86. The van der Waals surface area contributed by atoms with Crippen molar-refractivity contribution in [2.24, 2.45) is 0 Å². The fourth-order valence-corrected chi connectivity index (χ4v) is 2.12. The third-order valence-corrected chi connectivity index (χ3v) is 3.07. The van der Waals surface area contributed by atoms with Crippen LogP contribution >= 0.6 is 0 Å². The SMILES string of the molecule is Cc1ccc(S(=O)(=O)F)c(C)c1C(=O)O. The quantitative estimate of drug-likeness (QED) is 0.787. The molecular formula is C9H9FO4S. The summed E-state index contributed by atoms with van der Waals surface area (Å²) in [6.45, 7) is 2.79. The van der Waals surface area contributed by atoms with E-state index < -0.39 is 21.1 Å². The number of aromatic carboxylic acids is 1. The Hall–Kier alpha value is -1.43. The zero-order chi connectivity index (χ0) is 11.8. The Morgan fingerprint density at radius 2 is 1.87 bits per heavy atom. The number of rotatable bonds is 2. The van der Waals surface area contributed by atoms with Gasteiger partial charge in [0.15, 0.2) is 0 Å². The molecule has 15 heavy (non-hydrogen) atoms. The van der Waals surface area contributed by atoms with Crippen LogP contribution in [0, 0.1) is 13.8 Å². The van der Waals surface area contributed by atoms with Crippen molar-refractivity contribution in [2.75, 3.05) is 0 Å². The summed E-state index contributed by atoms with van der Waals surface area (Å²) in [4.78, 5) is 10.2. The van der Waals surface area contributed by atoms with E-state index in [9.17, 15) is 17.1 Å². The molecule has 82 valence electrons. The van der Waals surface area contributed by atoms with Crippen LogP contribution in [0.5, 0.6) is 0 Å². The van der Waals surface area contributed by atoms with Crippen molar-refractivity contribution >= 4 is 16.2 Å². The Morgan fingerprint density at radius 1 is 1.33 bits per heavy atom. The normalized spacial score (nSPS) is 11.4. The highest BCUT2D eigenvalue weighted by atomic mass is 32.3. The molecule has 4 nitrogen and oxygen atoms in total. The largest absolute Gasteiger partial charge is 0.478 e. The van der Waals surface area contributed by atoms with E-state index in [1.54, 1.807) is 0 Å². The van der Waals surface area contributed by atoms with Crippen molar-refractivity contribution in [3.8, 4) is 0 Å². The van der Waals surface area contributed by atoms with Gasteiger partial charge in [-0.3, -0.25) is 0 Å². The lowest BCUT2D eigenvalue weighted by Gasteiger charge is -2.07. The molecule has 0 spiro atoms. The molecule has 1 rings (SSSR count). The Balaban J connectivity index is 3.64. The van der Waals surface area contributed by atoms with Crippen LogP contribution in [0.4, 0.5) is 3.89 Å². The van der Waals surface area contributed by atoms with Crippen molar-refractivity contribution < 1.29 is 22.2 Å². The molecule has 0 fully saturated rings. The third kappa shape index (κ3) is 2.15. The van der Waals surface area contributed by atoms with Crippen molar-refractivity contribution in [3.05, 3.63) is 28.8 Å². The first-order valence-corrected chi connectivity index (χ1v) is 5.41. The van der Waals surface area contributed by atoms with Gasteiger partial charge in [0.2, 0.25) is 0 Å². The predicted molar refractivity (Wildman–Crippen MR) is 51.2 cm³/mol. The summed E-state index contributed by atoms with van der Waals surface area (Å²) >= 11 is 0. The second-order valence-electron chi connectivity index (χ2n) is 3.12. The van der Waals surface area contributed by atoms with Crippen LogP contribution in [0.25, 0.3) is 0 Å². The first kappa shape index (κ1) is 11.6. The molecule has 0 aromatic heterocycles. The van der Waals surface area contributed by atoms with Gasteiger partial charge in [-0.05, 0) is 31.0 Å². The molecule has 0 heterocycles. The summed E-state index contributed by atoms with van der Waals surface area (Å²) in [6.07, 6.45) is 0. The fourth-order valence-electron chi connectivity index (χ4n) is 1.42. The molecule has 0 aliphatic carbocycles. The number of aryl methyl sites for hydroxylation is 1. The van der Waals surface area contributed by atoms with Crippen LogP contribution in [0.3, 0.4) is 0 Å². The Labute approximate surface area is 86.6 Å². The first-order valence-electron chi connectivity index (χ1n) is 4.03. The standard InChI is InChI=1S/C9H9FO4S/c1-5-3-4-7(15(10,13)14)6(2)8(5)9(11)12/h3-4H,1-2H3,(H,11,12). The van der Waals surface area contributed by atoms with Crippen LogP contribution in [-0.4, -0.2) is 19.5 Å². The molecule has 0 unspecified atom stereocenters. The van der Waals surface area contributed by atoms with E-state index in [4.69, 9.17) is 5.11 Å². The third-order valence-electron chi connectivity index (χ3n) is 2.10. The van der Waals surface area contributed by atoms with Gasteiger partial charge >= 0.3 is 16.2 Å². The molecule has 0 radical (unpaired) electrons. The molecule has 0 bridgehead atoms. The zero-order valence-electron chi connectivity index (χ0n) is 8.11. The lowest BCUT2D eigenvalue weighted by atomic mass is 10.0. The number of carboxylic acid groups (broad SMARTS) is 1. The van der Waals surface area contributed by atoms with Gasteiger partial charge in [-0.25, -0.2) is 4.79 Å². The average molecular weight is 232 g/mol. The Bertz CT molecular complexity index is 519. The summed E-state index contributed by atoms with van der Waals surface area (Å²) in [5.74, 6) is -1.27. The Morgan fingerprint density at radius 3 is 2.27 bits per heavy atom. The van der Waals surface area contributed by atoms with E-state index in [0.29, 0.717) is 5.56 Å². The van der Waals surface area contributed by atoms with Gasteiger partial charge < -0.3 is 5.11 Å². The molecule has 0 aliphatic heterocycles. The van der Waals surface area contributed by atoms with Crippen LogP contribution in [-0.2, 0) is 10.2 Å². The highest BCUT2D eigenvalue weighted by Crippen LogP contribution is 2.23. The molecule has 0 atom stereocenters. The molecule has 1 N–H and O–H groups in total. The number of benzene rings is 1. The van der Waals surface area contributed by atoms with Gasteiger partial charge in [-0.2, -0.15) is 8.42 Å². The number of hydrogen-bond donors (Lipinski definition) is 1. The van der Waals surface area contributed by atoms with Gasteiger partial charge in [0.05, 0.1) is 5.56 Å². The maximum absolute atomic E-state index is 12.7. The number of carboxylic acids is 1. The molecule has 6 heteroatoms. The molecule has 0 saturated heterocycles. The lowest BCUT2D eigenvalue weighted by Crippen LogP contribution is -2.07. The van der Waals surface area contributed by atoms with E-state index in [1.807, 2.05) is 0 Å². The minimum atomic E-state index is -4.87. The minimum Gasteiger partial charge on any atom is -0.478 e. The molecule has 1 aromatic carbocycles. The maximum Gasteiger partial charge on any atom is 0.336 e. The number of hydrogen-bond acceptors (Lipinski definition) is 3. The van der Waals surface area contributed by atoms with Gasteiger partial charge in [0.1, 0.15) is 4.90 Å². The summed E-state index contributed by atoms with van der Waals surface area (Å²) < 4.78 is 34.1. The van der Waals surface area contributed by atoms with Crippen molar-refractivity contribution in [1.29, 1.82) is 0 Å². The molecule has 0 aliphatic rings. The van der Waals surface area contributed by atoms with Gasteiger partial charge in [-0.15, -0.1) is 3.89 Å². The maximum atomic E-state index is 12.7. The van der Waals surface area contributed by atoms with E-state index >= 15 is 0 Å². The van der Waals surface area contributed by atoms with Crippen molar-refractivity contribution in [1.82, 2.24) is 0 Å². The van der Waals surface area contributed by atoms with Crippen LogP contribution in [0.1, 0.15) is 21.5 Å². The van der Waals surface area contributed by atoms with E-state index in [0.717, 1.165) is 6.07 Å². The molecule has 0 saturated carbocycles. The van der Waals surface area contributed by atoms with E-state index in [1.165, 1.54) is 19.9 Å². The summed E-state index contributed by atoms with van der Waals surface area (Å²) in [7, 11) is -4.87. The van der Waals surface area contributed by atoms with Crippen molar-refractivity contribution in [2.45, 2.75) is 18.7 Å². The van der Waals surface area contributed by atoms with E-state index in [2.05, 4.69) is 0 Å². The predicted octanol–water partition coefficient (Wildman–Crippen LogP) is 1.66. The Kier molecular flexibility index (Phi) is 2.81. The van der Waals surface area contributed by atoms with Gasteiger partial charge in [0.25, 0.3) is 0 Å².